The lowest BCUT2D eigenvalue weighted by Gasteiger charge is -2.26. The Bertz CT molecular complexity index is 448. The van der Waals surface area contributed by atoms with Crippen LogP contribution in [0.3, 0.4) is 0 Å². The lowest BCUT2D eigenvalue weighted by molar-refractivity contribution is -0.142. The number of hydrogen-bond acceptors (Lipinski definition) is 5. The maximum absolute atomic E-state index is 11.7. The van der Waals surface area contributed by atoms with Gasteiger partial charge in [0, 0.05) is 0 Å². The molecule has 1 atom stereocenters. The van der Waals surface area contributed by atoms with Crippen LogP contribution in [0.5, 0.6) is 0 Å². The molecule has 1 rings (SSSR count). The molecule has 0 fully saturated rings. The highest BCUT2D eigenvalue weighted by atomic mass is 16.5. The summed E-state index contributed by atoms with van der Waals surface area (Å²) in [5, 5.41) is 11.8. The number of carbonyl (C=O) groups is 2. The predicted molar refractivity (Wildman–Crippen MR) is 71.9 cm³/mol. The van der Waals surface area contributed by atoms with Crippen LogP contribution < -0.4 is 5.32 Å². The number of rotatable bonds is 6. The van der Waals surface area contributed by atoms with Crippen molar-refractivity contribution in [3.8, 4) is 0 Å². The number of alkyl carbamates (subject to hydrolysis) is 1. The van der Waals surface area contributed by atoms with Crippen LogP contribution in [0.1, 0.15) is 18.9 Å². The number of nitrogens with one attached hydrogen (secondary N) is 1. The second-order valence-corrected chi connectivity index (χ2v) is 4.66. The zero-order valence-corrected chi connectivity index (χ0v) is 11.6. The average molecular weight is 281 g/mol. The summed E-state index contributed by atoms with van der Waals surface area (Å²) in [6, 6.07) is 9.19. The minimum atomic E-state index is -1.11. The molecule has 6 heteroatoms. The normalized spacial score (nSPS) is 13.2. The molecule has 0 aliphatic heterocycles. The highest BCUT2D eigenvalue weighted by Crippen LogP contribution is 2.10. The number of benzene rings is 1. The molecule has 0 aliphatic rings. The van der Waals surface area contributed by atoms with Crippen molar-refractivity contribution in [1.29, 1.82) is 0 Å². The Morgan fingerprint density at radius 1 is 1.30 bits per heavy atom. The Morgan fingerprint density at radius 3 is 2.50 bits per heavy atom. The molecule has 0 radical (unpaired) electrons. The van der Waals surface area contributed by atoms with Gasteiger partial charge in [0.1, 0.15) is 6.61 Å². The van der Waals surface area contributed by atoms with Crippen molar-refractivity contribution in [2.24, 2.45) is 0 Å². The molecule has 6 nitrogen and oxygen atoms in total. The number of amides is 1. The second kappa shape index (κ2) is 7.49. The molecular weight excluding hydrogens is 262 g/mol. The van der Waals surface area contributed by atoms with Gasteiger partial charge >= 0.3 is 12.1 Å². The fraction of sp³-hybridized carbons (Fsp3) is 0.429. The third-order valence-corrected chi connectivity index (χ3v) is 2.73. The van der Waals surface area contributed by atoms with Gasteiger partial charge in [0.15, 0.2) is 0 Å². The first-order valence-corrected chi connectivity index (χ1v) is 6.15. The molecule has 0 heterocycles. The summed E-state index contributed by atoms with van der Waals surface area (Å²) in [6.07, 6.45) is -0.838. The number of aliphatic hydroxyl groups is 1. The Morgan fingerprint density at radius 2 is 1.95 bits per heavy atom. The van der Waals surface area contributed by atoms with Crippen molar-refractivity contribution in [3.63, 3.8) is 0 Å². The lowest BCUT2D eigenvalue weighted by Crippen LogP contribution is -2.50. The van der Waals surface area contributed by atoms with Gasteiger partial charge < -0.3 is 19.9 Å². The quantitative estimate of drug-likeness (QED) is 0.766. The van der Waals surface area contributed by atoms with E-state index in [1.165, 1.54) is 14.0 Å². The van der Waals surface area contributed by atoms with E-state index >= 15 is 0 Å². The van der Waals surface area contributed by atoms with Crippen LogP contribution in [0.15, 0.2) is 30.3 Å². The minimum absolute atomic E-state index is 0.117. The molecule has 0 saturated heterocycles. The van der Waals surface area contributed by atoms with Gasteiger partial charge in [0.2, 0.25) is 0 Å². The van der Waals surface area contributed by atoms with E-state index in [1.54, 1.807) is 0 Å². The van der Waals surface area contributed by atoms with Crippen molar-refractivity contribution >= 4 is 12.1 Å². The van der Waals surface area contributed by atoms with Crippen LogP contribution in [0, 0.1) is 0 Å². The number of esters is 1. The maximum atomic E-state index is 11.7. The van der Waals surface area contributed by atoms with Crippen LogP contribution in [-0.2, 0) is 20.9 Å². The van der Waals surface area contributed by atoms with Gasteiger partial charge in [-0.1, -0.05) is 30.3 Å². The Kier molecular flexibility index (Phi) is 5.99. The first kappa shape index (κ1) is 16.0. The van der Waals surface area contributed by atoms with Crippen molar-refractivity contribution in [2.75, 3.05) is 13.7 Å². The van der Waals surface area contributed by atoms with E-state index in [0.29, 0.717) is 0 Å². The third kappa shape index (κ3) is 5.27. The van der Waals surface area contributed by atoms with Gasteiger partial charge in [-0.3, -0.25) is 4.79 Å². The summed E-state index contributed by atoms with van der Waals surface area (Å²) >= 11 is 0. The summed E-state index contributed by atoms with van der Waals surface area (Å²) in [5.74, 6) is -0.523. The molecule has 0 aliphatic carbocycles. The SMILES string of the molecule is COC(=O)CC(C)(CO)NC(=O)OCc1ccccc1. The number of ether oxygens (including phenoxy) is 2. The number of aliphatic hydroxyl groups excluding tert-OH is 1. The third-order valence-electron chi connectivity index (χ3n) is 2.73. The largest absolute Gasteiger partial charge is 0.469 e. The van der Waals surface area contributed by atoms with Gasteiger partial charge in [-0.15, -0.1) is 0 Å². The maximum Gasteiger partial charge on any atom is 0.407 e. The van der Waals surface area contributed by atoms with E-state index < -0.39 is 24.2 Å². The van der Waals surface area contributed by atoms with E-state index in [0.717, 1.165) is 5.56 Å². The van der Waals surface area contributed by atoms with E-state index in [4.69, 9.17) is 4.74 Å². The van der Waals surface area contributed by atoms with E-state index in [1.807, 2.05) is 30.3 Å². The van der Waals surface area contributed by atoms with Crippen LogP contribution >= 0.6 is 0 Å². The van der Waals surface area contributed by atoms with E-state index in [9.17, 15) is 14.7 Å². The Labute approximate surface area is 117 Å². The van der Waals surface area contributed by atoms with Gasteiger partial charge in [-0.2, -0.15) is 0 Å². The highest BCUT2D eigenvalue weighted by molar-refractivity contribution is 5.73. The molecule has 0 bridgehead atoms. The first-order valence-electron chi connectivity index (χ1n) is 6.15. The van der Waals surface area contributed by atoms with Gasteiger partial charge in [-0.25, -0.2) is 4.79 Å². The smallest absolute Gasteiger partial charge is 0.407 e. The number of hydrogen-bond donors (Lipinski definition) is 2. The standard InChI is InChI=1S/C14H19NO5/c1-14(10-16,8-12(17)19-2)15-13(18)20-9-11-6-4-3-5-7-11/h3-7,16H,8-10H2,1-2H3,(H,15,18). The van der Waals surface area contributed by atoms with Crippen LogP contribution in [0.25, 0.3) is 0 Å². The summed E-state index contributed by atoms with van der Waals surface area (Å²) in [5.41, 5.74) is -0.262. The van der Waals surface area contributed by atoms with Crippen LogP contribution in [0.4, 0.5) is 4.79 Å². The van der Waals surface area contributed by atoms with Gasteiger partial charge in [0.25, 0.3) is 0 Å². The average Bonchev–Trinajstić information content (AvgIpc) is 2.46. The predicted octanol–water partition coefficient (Wildman–Crippen LogP) is 1.23. The van der Waals surface area contributed by atoms with Crippen molar-refractivity contribution < 1.29 is 24.2 Å². The van der Waals surface area contributed by atoms with E-state index in [-0.39, 0.29) is 13.0 Å². The zero-order valence-electron chi connectivity index (χ0n) is 11.6. The molecule has 1 aromatic rings. The zero-order chi connectivity index (χ0) is 15.0. The van der Waals surface area contributed by atoms with E-state index in [2.05, 4.69) is 10.1 Å². The fourth-order valence-electron chi connectivity index (χ4n) is 1.54. The first-order chi connectivity index (χ1) is 9.49. The molecule has 1 unspecified atom stereocenters. The van der Waals surface area contributed by atoms with Crippen LogP contribution in [-0.4, -0.2) is 36.4 Å². The molecule has 2 N–H and O–H groups in total. The minimum Gasteiger partial charge on any atom is -0.469 e. The van der Waals surface area contributed by atoms with Gasteiger partial charge in [-0.05, 0) is 12.5 Å². The molecule has 20 heavy (non-hydrogen) atoms. The topological polar surface area (TPSA) is 84.9 Å². The molecule has 1 amide bonds. The molecule has 1 aromatic carbocycles. The fourth-order valence-corrected chi connectivity index (χ4v) is 1.54. The molecular formula is C14H19NO5. The highest BCUT2D eigenvalue weighted by Gasteiger charge is 2.30. The van der Waals surface area contributed by atoms with Gasteiger partial charge in [0.05, 0.1) is 25.7 Å². The monoisotopic (exact) mass is 281 g/mol. The Hall–Kier alpha value is -2.08. The molecule has 0 aromatic heterocycles. The molecule has 0 saturated carbocycles. The van der Waals surface area contributed by atoms with Crippen molar-refractivity contribution in [2.45, 2.75) is 25.5 Å². The number of carbonyl (C=O) groups excluding carboxylic acids is 2. The van der Waals surface area contributed by atoms with Crippen LogP contribution in [0.2, 0.25) is 0 Å². The summed E-state index contributed by atoms with van der Waals surface area (Å²) in [7, 11) is 1.24. The van der Waals surface area contributed by atoms with Crippen molar-refractivity contribution in [3.05, 3.63) is 35.9 Å². The lowest BCUT2D eigenvalue weighted by atomic mass is 9.99. The summed E-state index contributed by atoms with van der Waals surface area (Å²) < 4.78 is 9.54. The second-order valence-electron chi connectivity index (χ2n) is 4.66. The van der Waals surface area contributed by atoms with Crippen molar-refractivity contribution in [1.82, 2.24) is 5.32 Å². The Balaban J connectivity index is 2.48. The number of methoxy groups -OCH3 is 1. The molecule has 110 valence electrons. The summed E-state index contributed by atoms with van der Waals surface area (Å²) in [6.45, 7) is 1.25. The summed E-state index contributed by atoms with van der Waals surface area (Å²) in [4.78, 5) is 22.9. The molecule has 0 spiro atoms.